The number of hydrogen-bond donors (Lipinski definition) is 0. The SMILES string of the molecule is C[C@@H]1CN(C(=O)CCSc2ccc(Cl)cc2)C[C@@H](C)O1. The number of amides is 1. The molecule has 2 atom stereocenters. The van der Waals surface area contributed by atoms with Gasteiger partial charge in [0.05, 0.1) is 12.2 Å². The molecule has 1 aliphatic heterocycles. The van der Waals surface area contributed by atoms with Gasteiger partial charge >= 0.3 is 0 Å². The van der Waals surface area contributed by atoms with E-state index in [2.05, 4.69) is 0 Å². The molecule has 0 saturated carbocycles. The van der Waals surface area contributed by atoms with Crippen molar-refractivity contribution in [3.63, 3.8) is 0 Å². The number of morpholine rings is 1. The fourth-order valence-electron chi connectivity index (χ4n) is 2.33. The molecule has 3 nitrogen and oxygen atoms in total. The largest absolute Gasteiger partial charge is 0.372 e. The van der Waals surface area contributed by atoms with E-state index in [1.807, 2.05) is 43.0 Å². The van der Waals surface area contributed by atoms with Crippen LogP contribution in [-0.4, -0.2) is 41.9 Å². The van der Waals surface area contributed by atoms with E-state index in [0.717, 1.165) is 15.7 Å². The molecule has 0 bridgehead atoms. The third-order valence-electron chi connectivity index (χ3n) is 3.17. The van der Waals surface area contributed by atoms with E-state index in [9.17, 15) is 4.79 Å². The molecule has 0 spiro atoms. The first-order chi connectivity index (χ1) is 9.54. The number of nitrogens with zero attached hydrogens (tertiary/aromatic N) is 1. The van der Waals surface area contributed by atoms with Gasteiger partial charge in [0.25, 0.3) is 0 Å². The van der Waals surface area contributed by atoms with Crippen LogP contribution in [0.4, 0.5) is 0 Å². The molecule has 1 heterocycles. The second-order valence-corrected chi connectivity index (χ2v) is 6.71. The zero-order valence-electron chi connectivity index (χ0n) is 11.8. The van der Waals surface area contributed by atoms with Crippen molar-refractivity contribution in [2.75, 3.05) is 18.8 Å². The molecule has 1 aliphatic rings. The maximum absolute atomic E-state index is 12.2. The zero-order chi connectivity index (χ0) is 14.5. The van der Waals surface area contributed by atoms with Crippen molar-refractivity contribution in [1.82, 2.24) is 4.90 Å². The minimum absolute atomic E-state index is 0.131. The lowest BCUT2D eigenvalue weighted by atomic mass is 10.2. The number of ether oxygens (including phenoxy) is 1. The van der Waals surface area contributed by atoms with Crippen LogP contribution in [0.3, 0.4) is 0 Å². The van der Waals surface area contributed by atoms with Crippen molar-refractivity contribution in [3.05, 3.63) is 29.3 Å². The number of hydrogen-bond acceptors (Lipinski definition) is 3. The van der Waals surface area contributed by atoms with E-state index >= 15 is 0 Å². The highest BCUT2D eigenvalue weighted by molar-refractivity contribution is 7.99. The third-order valence-corrected chi connectivity index (χ3v) is 4.44. The summed E-state index contributed by atoms with van der Waals surface area (Å²) < 4.78 is 5.64. The highest BCUT2D eigenvalue weighted by Gasteiger charge is 2.25. The van der Waals surface area contributed by atoms with Crippen molar-refractivity contribution < 1.29 is 9.53 Å². The molecule has 2 rings (SSSR count). The summed E-state index contributed by atoms with van der Waals surface area (Å²) in [5.41, 5.74) is 0. The Kier molecular flexibility index (Phi) is 5.75. The van der Waals surface area contributed by atoms with Gasteiger partial charge in [-0.15, -0.1) is 11.8 Å². The van der Waals surface area contributed by atoms with E-state index in [1.165, 1.54) is 0 Å². The quantitative estimate of drug-likeness (QED) is 0.797. The summed E-state index contributed by atoms with van der Waals surface area (Å²) in [5, 5.41) is 0.738. The fraction of sp³-hybridized carbons (Fsp3) is 0.533. The van der Waals surface area contributed by atoms with Crippen molar-refractivity contribution in [1.29, 1.82) is 0 Å². The zero-order valence-corrected chi connectivity index (χ0v) is 13.4. The Bertz CT molecular complexity index is 442. The number of carbonyl (C=O) groups excluding carboxylic acids is 1. The lowest BCUT2D eigenvalue weighted by Gasteiger charge is -2.35. The van der Waals surface area contributed by atoms with E-state index in [4.69, 9.17) is 16.3 Å². The smallest absolute Gasteiger partial charge is 0.223 e. The monoisotopic (exact) mass is 313 g/mol. The van der Waals surface area contributed by atoms with Crippen LogP contribution >= 0.6 is 23.4 Å². The molecule has 1 aromatic rings. The standard InChI is InChI=1S/C15H20ClNO2S/c1-11-9-17(10-12(2)19-11)15(18)7-8-20-14-5-3-13(16)4-6-14/h3-6,11-12H,7-10H2,1-2H3/t11-,12-/m1/s1. The summed E-state index contributed by atoms with van der Waals surface area (Å²) >= 11 is 7.53. The second-order valence-electron chi connectivity index (χ2n) is 5.11. The maximum atomic E-state index is 12.2. The Morgan fingerprint density at radius 2 is 1.90 bits per heavy atom. The van der Waals surface area contributed by atoms with E-state index in [0.29, 0.717) is 19.5 Å². The Morgan fingerprint density at radius 3 is 2.50 bits per heavy atom. The average molecular weight is 314 g/mol. The highest BCUT2D eigenvalue weighted by Crippen LogP contribution is 2.21. The summed E-state index contributed by atoms with van der Waals surface area (Å²) in [7, 11) is 0. The minimum Gasteiger partial charge on any atom is -0.372 e. The molecule has 5 heteroatoms. The van der Waals surface area contributed by atoms with Gasteiger partial charge in [-0.2, -0.15) is 0 Å². The molecule has 1 aromatic carbocycles. The van der Waals surface area contributed by atoms with Crippen LogP contribution in [0.1, 0.15) is 20.3 Å². The summed E-state index contributed by atoms with van der Waals surface area (Å²) in [6.45, 7) is 5.43. The normalized spacial score (nSPS) is 22.9. The van der Waals surface area contributed by atoms with E-state index in [-0.39, 0.29) is 18.1 Å². The fourth-order valence-corrected chi connectivity index (χ4v) is 3.29. The average Bonchev–Trinajstić information content (AvgIpc) is 2.40. The predicted molar refractivity (Wildman–Crippen MR) is 83.4 cm³/mol. The van der Waals surface area contributed by atoms with Gasteiger partial charge in [0, 0.05) is 35.2 Å². The first-order valence-electron chi connectivity index (χ1n) is 6.86. The number of thioether (sulfide) groups is 1. The van der Waals surface area contributed by atoms with Gasteiger partial charge in [0.2, 0.25) is 5.91 Å². The third kappa shape index (κ3) is 4.69. The molecular formula is C15H20ClNO2S. The Morgan fingerprint density at radius 1 is 1.30 bits per heavy atom. The van der Waals surface area contributed by atoms with Crippen LogP contribution in [-0.2, 0) is 9.53 Å². The molecule has 110 valence electrons. The minimum atomic E-state index is 0.131. The highest BCUT2D eigenvalue weighted by atomic mass is 35.5. The maximum Gasteiger partial charge on any atom is 0.223 e. The van der Waals surface area contributed by atoms with Gasteiger partial charge in [-0.25, -0.2) is 0 Å². The van der Waals surface area contributed by atoms with E-state index < -0.39 is 0 Å². The molecule has 0 aromatic heterocycles. The molecule has 0 unspecified atom stereocenters. The van der Waals surface area contributed by atoms with Gasteiger partial charge in [-0.1, -0.05) is 11.6 Å². The van der Waals surface area contributed by atoms with E-state index in [1.54, 1.807) is 11.8 Å². The summed E-state index contributed by atoms with van der Waals surface area (Å²) in [4.78, 5) is 15.2. The molecule has 1 fully saturated rings. The molecule has 1 saturated heterocycles. The molecule has 0 aliphatic carbocycles. The van der Waals surface area contributed by atoms with Crippen LogP contribution < -0.4 is 0 Å². The van der Waals surface area contributed by atoms with Crippen molar-refractivity contribution in [2.24, 2.45) is 0 Å². The topological polar surface area (TPSA) is 29.5 Å². The first kappa shape index (κ1) is 15.7. The van der Waals surface area contributed by atoms with Gasteiger partial charge < -0.3 is 9.64 Å². The molecule has 0 radical (unpaired) electrons. The number of benzene rings is 1. The summed E-state index contributed by atoms with van der Waals surface area (Å²) in [6.07, 6.45) is 0.824. The molecular weight excluding hydrogens is 294 g/mol. The van der Waals surface area contributed by atoms with Crippen LogP contribution in [0.2, 0.25) is 5.02 Å². The summed E-state index contributed by atoms with van der Waals surface area (Å²) in [5.74, 6) is 1.01. The Hall–Kier alpha value is -0.710. The van der Waals surface area contributed by atoms with Gasteiger partial charge in [-0.05, 0) is 38.1 Å². The van der Waals surface area contributed by atoms with Crippen LogP contribution in [0.5, 0.6) is 0 Å². The van der Waals surface area contributed by atoms with Gasteiger partial charge in [0.15, 0.2) is 0 Å². The Labute approximate surface area is 129 Å². The van der Waals surface area contributed by atoms with Crippen LogP contribution in [0, 0.1) is 0 Å². The van der Waals surface area contributed by atoms with Gasteiger partial charge in [0.1, 0.15) is 0 Å². The lowest BCUT2D eigenvalue weighted by molar-refractivity contribution is -0.142. The number of carbonyl (C=O) groups is 1. The van der Waals surface area contributed by atoms with Crippen LogP contribution in [0.25, 0.3) is 0 Å². The van der Waals surface area contributed by atoms with Crippen molar-refractivity contribution in [3.8, 4) is 0 Å². The van der Waals surface area contributed by atoms with Crippen LogP contribution in [0.15, 0.2) is 29.2 Å². The summed E-state index contributed by atoms with van der Waals surface area (Å²) in [6, 6.07) is 7.71. The van der Waals surface area contributed by atoms with Crippen molar-refractivity contribution in [2.45, 2.75) is 37.4 Å². The van der Waals surface area contributed by atoms with Crippen molar-refractivity contribution >= 4 is 29.3 Å². The number of rotatable bonds is 4. The molecule has 20 heavy (non-hydrogen) atoms. The first-order valence-corrected chi connectivity index (χ1v) is 8.22. The molecule has 1 amide bonds. The number of halogens is 1. The predicted octanol–water partition coefficient (Wildman–Crippen LogP) is 3.46. The second kappa shape index (κ2) is 7.34. The van der Waals surface area contributed by atoms with Gasteiger partial charge in [-0.3, -0.25) is 4.79 Å². The lowest BCUT2D eigenvalue weighted by Crippen LogP contribution is -2.48. The Balaban J connectivity index is 1.76. The molecule has 0 N–H and O–H groups in total.